The Balaban J connectivity index is 2.60. The highest BCUT2D eigenvalue weighted by molar-refractivity contribution is 5.14. The summed E-state index contributed by atoms with van der Waals surface area (Å²) in [5.74, 6) is 1.44. The molecule has 0 aromatic carbocycles. The molecular formula is C14H24. The predicted octanol–water partition coefficient (Wildman–Crippen LogP) is 4.58. The van der Waals surface area contributed by atoms with Crippen molar-refractivity contribution in [1.29, 1.82) is 0 Å². The molecule has 80 valence electrons. The summed E-state index contributed by atoms with van der Waals surface area (Å²) >= 11 is 0. The molecule has 1 aliphatic rings. The number of hydrogen-bond donors (Lipinski definition) is 0. The summed E-state index contributed by atoms with van der Waals surface area (Å²) in [4.78, 5) is 0. The van der Waals surface area contributed by atoms with Gasteiger partial charge in [-0.25, -0.2) is 0 Å². The van der Waals surface area contributed by atoms with Gasteiger partial charge < -0.3 is 0 Å². The Bertz CT molecular complexity index is 227. The van der Waals surface area contributed by atoms with Crippen LogP contribution in [0.1, 0.15) is 47.0 Å². The standard InChI is InChI=1S/C14H24/c1-6-11(2)12-7-9-13(10-8-12)14(3,4)5/h6-7,11,13H,1,8-10H2,2-5H3/t11?,13-/m1/s1. The zero-order chi connectivity index (χ0) is 10.8. The maximum absolute atomic E-state index is 3.86. The van der Waals surface area contributed by atoms with E-state index in [4.69, 9.17) is 0 Å². The Hall–Kier alpha value is -0.520. The second-order valence-electron chi connectivity index (χ2n) is 5.64. The molecule has 2 atom stereocenters. The molecule has 0 heteroatoms. The molecule has 0 N–H and O–H groups in total. The lowest BCUT2D eigenvalue weighted by Crippen LogP contribution is -2.22. The highest BCUT2D eigenvalue weighted by atomic mass is 14.3. The van der Waals surface area contributed by atoms with Crippen molar-refractivity contribution in [2.75, 3.05) is 0 Å². The van der Waals surface area contributed by atoms with E-state index in [1.807, 2.05) is 0 Å². The van der Waals surface area contributed by atoms with Gasteiger partial charge in [-0.05, 0) is 36.5 Å². The summed E-state index contributed by atoms with van der Waals surface area (Å²) in [6.45, 7) is 13.2. The smallest absolute Gasteiger partial charge is 0.00543 e. The lowest BCUT2D eigenvalue weighted by Gasteiger charge is -2.34. The molecule has 0 spiro atoms. The Kier molecular flexibility index (Phi) is 3.58. The molecule has 0 aromatic rings. The zero-order valence-electron chi connectivity index (χ0n) is 10.1. The lowest BCUT2D eigenvalue weighted by atomic mass is 9.72. The largest absolute Gasteiger partial charge is 0.102 e. The Morgan fingerprint density at radius 1 is 1.50 bits per heavy atom. The lowest BCUT2D eigenvalue weighted by molar-refractivity contribution is 0.219. The fourth-order valence-corrected chi connectivity index (χ4v) is 2.21. The van der Waals surface area contributed by atoms with Crippen LogP contribution < -0.4 is 0 Å². The highest BCUT2D eigenvalue weighted by Crippen LogP contribution is 2.38. The van der Waals surface area contributed by atoms with E-state index < -0.39 is 0 Å². The van der Waals surface area contributed by atoms with E-state index in [9.17, 15) is 0 Å². The fourth-order valence-electron chi connectivity index (χ4n) is 2.21. The van der Waals surface area contributed by atoms with Crippen LogP contribution in [0.25, 0.3) is 0 Å². The van der Waals surface area contributed by atoms with Crippen molar-refractivity contribution in [2.45, 2.75) is 47.0 Å². The maximum Gasteiger partial charge on any atom is -0.00543 e. The van der Waals surface area contributed by atoms with Crippen LogP contribution in [0, 0.1) is 17.3 Å². The highest BCUT2D eigenvalue weighted by Gasteiger charge is 2.26. The summed E-state index contributed by atoms with van der Waals surface area (Å²) in [6, 6.07) is 0. The minimum absolute atomic E-state index is 0.472. The first-order chi connectivity index (χ1) is 6.45. The first-order valence-corrected chi connectivity index (χ1v) is 5.76. The van der Waals surface area contributed by atoms with Gasteiger partial charge >= 0.3 is 0 Å². The molecule has 0 nitrogen and oxygen atoms in total. The molecule has 0 aromatic heterocycles. The molecule has 14 heavy (non-hydrogen) atoms. The van der Waals surface area contributed by atoms with Gasteiger partial charge in [0.15, 0.2) is 0 Å². The van der Waals surface area contributed by atoms with E-state index in [2.05, 4.69) is 46.4 Å². The van der Waals surface area contributed by atoms with Gasteiger partial charge in [-0.15, -0.1) is 6.58 Å². The van der Waals surface area contributed by atoms with E-state index in [0.717, 1.165) is 5.92 Å². The number of hydrogen-bond acceptors (Lipinski definition) is 0. The molecule has 0 heterocycles. The second kappa shape index (κ2) is 4.33. The molecule has 0 fully saturated rings. The molecule has 0 bridgehead atoms. The molecule has 0 aliphatic heterocycles. The topological polar surface area (TPSA) is 0 Å². The predicted molar refractivity (Wildman–Crippen MR) is 64.2 cm³/mol. The third-order valence-corrected chi connectivity index (χ3v) is 3.61. The number of allylic oxidation sites excluding steroid dienone is 3. The van der Waals surface area contributed by atoms with Crippen LogP contribution in [-0.2, 0) is 0 Å². The van der Waals surface area contributed by atoms with E-state index in [-0.39, 0.29) is 0 Å². The van der Waals surface area contributed by atoms with Crippen LogP contribution >= 0.6 is 0 Å². The SMILES string of the molecule is C=CC(C)C1=CC[C@@H](C(C)(C)C)CC1. The quantitative estimate of drug-likeness (QED) is 0.562. The van der Waals surface area contributed by atoms with Crippen LogP contribution in [0.3, 0.4) is 0 Å². The van der Waals surface area contributed by atoms with Gasteiger partial charge in [0, 0.05) is 0 Å². The maximum atomic E-state index is 3.86. The molecule has 1 unspecified atom stereocenters. The molecule has 0 amide bonds. The van der Waals surface area contributed by atoms with Gasteiger partial charge in [-0.3, -0.25) is 0 Å². The summed E-state index contributed by atoms with van der Waals surface area (Å²) < 4.78 is 0. The van der Waals surface area contributed by atoms with Gasteiger partial charge in [0.2, 0.25) is 0 Å². The Morgan fingerprint density at radius 3 is 2.50 bits per heavy atom. The number of rotatable bonds is 2. The Morgan fingerprint density at radius 2 is 2.14 bits per heavy atom. The van der Waals surface area contributed by atoms with Crippen molar-refractivity contribution in [2.24, 2.45) is 17.3 Å². The van der Waals surface area contributed by atoms with Crippen molar-refractivity contribution in [3.63, 3.8) is 0 Å². The fraction of sp³-hybridized carbons (Fsp3) is 0.714. The normalized spacial score (nSPS) is 25.4. The molecule has 0 saturated heterocycles. The van der Waals surface area contributed by atoms with Crippen LogP contribution in [0.2, 0.25) is 0 Å². The minimum atomic E-state index is 0.472. The molecule has 0 saturated carbocycles. The van der Waals surface area contributed by atoms with Crippen molar-refractivity contribution < 1.29 is 0 Å². The average Bonchev–Trinajstić information content (AvgIpc) is 2.15. The van der Waals surface area contributed by atoms with E-state index in [1.54, 1.807) is 5.57 Å². The first kappa shape index (κ1) is 11.6. The van der Waals surface area contributed by atoms with E-state index in [0.29, 0.717) is 11.3 Å². The molecule has 0 radical (unpaired) electrons. The monoisotopic (exact) mass is 192 g/mol. The summed E-state index contributed by atoms with van der Waals surface area (Å²) in [5, 5.41) is 0. The summed E-state index contributed by atoms with van der Waals surface area (Å²) in [6.07, 6.45) is 8.40. The summed E-state index contributed by atoms with van der Waals surface area (Å²) in [7, 11) is 0. The second-order valence-corrected chi connectivity index (χ2v) is 5.64. The molecular weight excluding hydrogens is 168 g/mol. The van der Waals surface area contributed by atoms with Crippen LogP contribution in [-0.4, -0.2) is 0 Å². The Labute approximate surface area is 89.1 Å². The third kappa shape index (κ3) is 2.73. The van der Waals surface area contributed by atoms with Crippen molar-refractivity contribution >= 4 is 0 Å². The van der Waals surface area contributed by atoms with Crippen molar-refractivity contribution in [3.05, 3.63) is 24.3 Å². The van der Waals surface area contributed by atoms with Crippen LogP contribution in [0.15, 0.2) is 24.3 Å². The van der Waals surface area contributed by atoms with Gasteiger partial charge in [-0.2, -0.15) is 0 Å². The zero-order valence-corrected chi connectivity index (χ0v) is 10.1. The van der Waals surface area contributed by atoms with Gasteiger partial charge in [0.05, 0.1) is 0 Å². The molecule has 1 aliphatic carbocycles. The summed E-state index contributed by atoms with van der Waals surface area (Å²) in [5.41, 5.74) is 2.07. The van der Waals surface area contributed by atoms with E-state index in [1.165, 1.54) is 19.3 Å². The van der Waals surface area contributed by atoms with E-state index >= 15 is 0 Å². The van der Waals surface area contributed by atoms with Gasteiger partial charge in [0.1, 0.15) is 0 Å². The average molecular weight is 192 g/mol. The molecule has 1 rings (SSSR count). The third-order valence-electron chi connectivity index (χ3n) is 3.61. The van der Waals surface area contributed by atoms with Crippen LogP contribution in [0.5, 0.6) is 0 Å². The minimum Gasteiger partial charge on any atom is -0.102 e. The van der Waals surface area contributed by atoms with Crippen molar-refractivity contribution in [3.8, 4) is 0 Å². The van der Waals surface area contributed by atoms with Gasteiger partial charge in [-0.1, -0.05) is 45.4 Å². The van der Waals surface area contributed by atoms with Crippen LogP contribution in [0.4, 0.5) is 0 Å². The van der Waals surface area contributed by atoms with Gasteiger partial charge in [0.25, 0.3) is 0 Å². The first-order valence-electron chi connectivity index (χ1n) is 5.76. The van der Waals surface area contributed by atoms with Crippen molar-refractivity contribution in [1.82, 2.24) is 0 Å².